The Hall–Kier alpha value is -3.77. The lowest BCUT2D eigenvalue weighted by Crippen LogP contribution is -2.15. The molecular formula is C26H22ClN3O3. The second-order valence-corrected chi connectivity index (χ2v) is 8.20. The number of rotatable bonds is 6. The molecule has 3 aromatic carbocycles. The van der Waals surface area contributed by atoms with E-state index < -0.39 is 12.6 Å². The molecule has 1 heterocycles. The molecule has 33 heavy (non-hydrogen) atoms. The molecule has 0 aliphatic rings. The highest BCUT2D eigenvalue weighted by molar-refractivity contribution is 6.30. The first-order chi connectivity index (χ1) is 15.8. The quantitative estimate of drug-likeness (QED) is 0.279. The molecule has 0 saturated carbocycles. The van der Waals surface area contributed by atoms with E-state index in [0.29, 0.717) is 16.4 Å². The zero-order valence-corrected chi connectivity index (χ0v) is 19.3. The van der Waals surface area contributed by atoms with Crippen LogP contribution in [-0.2, 0) is 4.74 Å². The van der Waals surface area contributed by atoms with E-state index in [9.17, 15) is 9.59 Å². The van der Waals surface area contributed by atoms with E-state index in [1.807, 2.05) is 63.2 Å². The fourth-order valence-corrected chi connectivity index (χ4v) is 3.54. The summed E-state index contributed by atoms with van der Waals surface area (Å²) in [5, 5.41) is 4.97. The smallest absolute Gasteiger partial charge is 0.378 e. The van der Waals surface area contributed by atoms with Crippen LogP contribution in [0.25, 0.3) is 17.1 Å². The van der Waals surface area contributed by atoms with Crippen LogP contribution in [0.5, 0.6) is 0 Å². The number of Topliss-reactive ketones (excluding diaryl/α,β-unsaturated/α-hetero) is 1. The van der Waals surface area contributed by atoms with Gasteiger partial charge in [-0.15, -0.1) is 5.10 Å². The largest absolute Gasteiger partial charge is 0.451 e. The second kappa shape index (κ2) is 9.38. The lowest BCUT2D eigenvalue weighted by atomic mass is 10.1. The third kappa shape index (κ3) is 4.86. The highest BCUT2D eigenvalue weighted by Crippen LogP contribution is 2.25. The van der Waals surface area contributed by atoms with Crippen LogP contribution >= 0.6 is 11.6 Å². The van der Waals surface area contributed by atoms with Crippen molar-refractivity contribution in [1.29, 1.82) is 0 Å². The molecule has 0 aliphatic heterocycles. The Kier molecular flexibility index (Phi) is 6.38. The van der Waals surface area contributed by atoms with Crippen LogP contribution in [0.1, 0.15) is 37.7 Å². The summed E-state index contributed by atoms with van der Waals surface area (Å²) in [6, 6.07) is 20.1. The van der Waals surface area contributed by atoms with Crippen LogP contribution in [0.3, 0.4) is 0 Å². The maximum absolute atomic E-state index is 12.7. The van der Waals surface area contributed by atoms with E-state index in [4.69, 9.17) is 16.3 Å². The van der Waals surface area contributed by atoms with Gasteiger partial charge < -0.3 is 4.74 Å². The van der Waals surface area contributed by atoms with Gasteiger partial charge in [0.2, 0.25) is 0 Å². The van der Waals surface area contributed by atoms with Crippen molar-refractivity contribution in [3.63, 3.8) is 0 Å². The Bertz CT molecular complexity index is 1340. The normalized spacial score (nSPS) is 10.8. The molecule has 0 fully saturated rings. The van der Waals surface area contributed by atoms with Crippen molar-refractivity contribution in [2.75, 3.05) is 6.61 Å². The summed E-state index contributed by atoms with van der Waals surface area (Å²) in [4.78, 5) is 29.6. The molecule has 166 valence electrons. The van der Waals surface area contributed by atoms with E-state index in [-0.39, 0.29) is 11.6 Å². The number of carbonyl (C=O) groups is 2. The van der Waals surface area contributed by atoms with Gasteiger partial charge in [0.15, 0.2) is 18.2 Å². The Balaban J connectivity index is 1.66. The highest BCUT2D eigenvalue weighted by Gasteiger charge is 2.22. The van der Waals surface area contributed by atoms with Crippen molar-refractivity contribution < 1.29 is 14.3 Å². The van der Waals surface area contributed by atoms with Gasteiger partial charge in [-0.3, -0.25) is 4.79 Å². The molecule has 0 saturated heterocycles. The van der Waals surface area contributed by atoms with E-state index in [2.05, 4.69) is 10.1 Å². The van der Waals surface area contributed by atoms with Crippen molar-refractivity contribution in [2.24, 2.45) is 0 Å². The summed E-state index contributed by atoms with van der Waals surface area (Å²) in [5.74, 6) is -0.706. The van der Waals surface area contributed by atoms with Crippen molar-refractivity contribution >= 4 is 23.4 Å². The molecule has 0 spiro atoms. The molecule has 7 heteroatoms. The average molecular weight is 460 g/mol. The van der Waals surface area contributed by atoms with Crippen molar-refractivity contribution in [2.45, 2.75) is 20.8 Å². The molecule has 0 aliphatic carbocycles. The number of esters is 1. The van der Waals surface area contributed by atoms with Crippen LogP contribution in [0, 0.1) is 20.8 Å². The van der Waals surface area contributed by atoms with Crippen LogP contribution in [0.15, 0.2) is 66.7 Å². The zero-order chi connectivity index (χ0) is 23.5. The van der Waals surface area contributed by atoms with Gasteiger partial charge in [-0.25, -0.2) is 14.5 Å². The average Bonchev–Trinajstić information content (AvgIpc) is 3.25. The van der Waals surface area contributed by atoms with E-state index in [1.165, 1.54) is 0 Å². The third-order valence-electron chi connectivity index (χ3n) is 5.37. The number of halogens is 1. The highest BCUT2D eigenvalue weighted by atomic mass is 35.5. The first-order valence-corrected chi connectivity index (χ1v) is 10.8. The SMILES string of the molecule is Cc1cccc(-c2nc(C(=O)OCC(=O)c3ccc(Cl)cc3)nn2-c2cccc(C)c2C)c1. The van der Waals surface area contributed by atoms with E-state index >= 15 is 0 Å². The molecule has 1 aromatic heterocycles. The Labute approximate surface area is 196 Å². The summed E-state index contributed by atoms with van der Waals surface area (Å²) in [6.45, 7) is 5.58. The molecule has 0 bridgehead atoms. The van der Waals surface area contributed by atoms with Crippen molar-refractivity contribution in [3.05, 3.63) is 99.8 Å². The molecule has 0 amide bonds. The molecular weight excluding hydrogens is 438 g/mol. The standard InChI is InChI=1S/C26H22ClN3O3/c1-16-6-4-8-20(14-16)25-28-24(29-30(25)22-9-5-7-17(2)18(22)3)26(32)33-15-23(31)19-10-12-21(27)13-11-19/h4-14H,15H2,1-3H3. The summed E-state index contributed by atoms with van der Waals surface area (Å²) in [6.07, 6.45) is 0. The minimum atomic E-state index is -0.768. The van der Waals surface area contributed by atoms with Gasteiger partial charge in [0.05, 0.1) is 5.69 Å². The first-order valence-electron chi connectivity index (χ1n) is 10.4. The first kappa shape index (κ1) is 22.4. The van der Waals surface area contributed by atoms with Crippen LogP contribution < -0.4 is 0 Å². The van der Waals surface area contributed by atoms with E-state index in [1.54, 1.807) is 28.9 Å². The number of hydrogen-bond donors (Lipinski definition) is 0. The van der Waals surface area contributed by atoms with Crippen LogP contribution in [-0.4, -0.2) is 33.1 Å². The number of benzene rings is 3. The lowest BCUT2D eigenvalue weighted by molar-refractivity contribution is 0.0462. The van der Waals surface area contributed by atoms with Gasteiger partial charge in [-0.1, -0.05) is 47.5 Å². The van der Waals surface area contributed by atoms with E-state index in [0.717, 1.165) is 27.9 Å². The fourth-order valence-electron chi connectivity index (χ4n) is 3.42. The minimum absolute atomic E-state index is 0.115. The number of hydrogen-bond acceptors (Lipinski definition) is 5. The molecule has 0 N–H and O–H groups in total. The lowest BCUT2D eigenvalue weighted by Gasteiger charge is -2.11. The number of carbonyl (C=O) groups excluding carboxylic acids is 2. The minimum Gasteiger partial charge on any atom is -0.451 e. The number of ether oxygens (including phenoxy) is 1. The predicted molar refractivity (Wildman–Crippen MR) is 127 cm³/mol. The number of aryl methyl sites for hydroxylation is 2. The van der Waals surface area contributed by atoms with Gasteiger partial charge in [0.1, 0.15) is 0 Å². The van der Waals surface area contributed by atoms with Gasteiger partial charge >= 0.3 is 5.97 Å². The molecule has 0 atom stereocenters. The van der Waals surface area contributed by atoms with Crippen LogP contribution in [0.4, 0.5) is 0 Å². The Morgan fingerprint density at radius 3 is 2.42 bits per heavy atom. The number of ketones is 1. The maximum Gasteiger partial charge on any atom is 0.378 e. The summed E-state index contributed by atoms with van der Waals surface area (Å²) >= 11 is 5.86. The topological polar surface area (TPSA) is 74.1 Å². The molecule has 0 unspecified atom stereocenters. The fraction of sp³-hybridized carbons (Fsp3) is 0.154. The summed E-state index contributed by atoms with van der Waals surface area (Å²) in [5.41, 5.74) is 5.21. The maximum atomic E-state index is 12.7. The summed E-state index contributed by atoms with van der Waals surface area (Å²) < 4.78 is 6.88. The molecule has 4 aromatic rings. The predicted octanol–water partition coefficient (Wildman–Crippen LogP) is 5.55. The number of nitrogens with zero attached hydrogens (tertiary/aromatic N) is 3. The second-order valence-electron chi connectivity index (χ2n) is 7.77. The summed E-state index contributed by atoms with van der Waals surface area (Å²) in [7, 11) is 0. The van der Waals surface area contributed by atoms with Gasteiger partial charge in [0.25, 0.3) is 5.82 Å². The van der Waals surface area contributed by atoms with Crippen molar-refractivity contribution in [3.8, 4) is 17.1 Å². The monoisotopic (exact) mass is 459 g/mol. The van der Waals surface area contributed by atoms with Gasteiger partial charge in [-0.2, -0.15) is 0 Å². The zero-order valence-electron chi connectivity index (χ0n) is 18.5. The number of aromatic nitrogens is 3. The van der Waals surface area contributed by atoms with Crippen molar-refractivity contribution in [1.82, 2.24) is 14.8 Å². The molecule has 6 nitrogen and oxygen atoms in total. The molecule has 0 radical (unpaired) electrons. The van der Waals surface area contributed by atoms with Gasteiger partial charge in [0, 0.05) is 16.1 Å². The Morgan fingerprint density at radius 1 is 0.970 bits per heavy atom. The third-order valence-corrected chi connectivity index (χ3v) is 5.62. The van der Waals surface area contributed by atoms with Crippen LogP contribution in [0.2, 0.25) is 5.02 Å². The Morgan fingerprint density at radius 2 is 1.70 bits per heavy atom. The van der Waals surface area contributed by atoms with Gasteiger partial charge in [-0.05, 0) is 68.3 Å². The molecule has 4 rings (SSSR count).